The van der Waals surface area contributed by atoms with Crippen LogP contribution in [0.25, 0.3) is 11.3 Å². The normalized spacial score (nSPS) is 10.4. The van der Waals surface area contributed by atoms with Crippen LogP contribution in [0.3, 0.4) is 0 Å². The lowest BCUT2D eigenvalue weighted by Gasteiger charge is -2.01. The predicted molar refractivity (Wildman–Crippen MR) is 58.4 cm³/mol. The molecule has 1 aromatic heterocycles. The first-order valence-electron chi connectivity index (χ1n) is 4.18. The van der Waals surface area contributed by atoms with Gasteiger partial charge in [-0.05, 0) is 24.6 Å². The van der Waals surface area contributed by atoms with E-state index in [0.717, 1.165) is 16.8 Å². The maximum absolute atomic E-state index is 9.68. The van der Waals surface area contributed by atoms with Gasteiger partial charge in [-0.2, -0.15) is 0 Å². The third kappa shape index (κ3) is 1.56. The highest BCUT2D eigenvalue weighted by atomic mass is 32.1. The maximum atomic E-state index is 9.68. The first-order valence-corrected chi connectivity index (χ1v) is 5.06. The molecule has 2 rings (SSSR count). The summed E-state index contributed by atoms with van der Waals surface area (Å²) in [7, 11) is 0. The molecule has 0 radical (unpaired) electrons. The van der Waals surface area contributed by atoms with Gasteiger partial charge < -0.3 is 10.8 Å². The van der Waals surface area contributed by atoms with E-state index in [-0.39, 0.29) is 5.75 Å². The van der Waals surface area contributed by atoms with Crippen LogP contribution in [0.5, 0.6) is 5.75 Å². The van der Waals surface area contributed by atoms with Gasteiger partial charge in [0.2, 0.25) is 0 Å². The van der Waals surface area contributed by atoms with Crippen molar-refractivity contribution < 1.29 is 5.11 Å². The van der Waals surface area contributed by atoms with Crippen molar-refractivity contribution in [2.45, 2.75) is 6.92 Å². The summed E-state index contributed by atoms with van der Waals surface area (Å²) < 4.78 is 0. The first kappa shape index (κ1) is 9.02. The highest BCUT2D eigenvalue weighted by molar-refractivity contribution is 7.13. The molecule has 3 nitrogen and oxygen atoms in total. The summed E-state index contributed by atoms with van der Waals surface area (Å²) in [5.74, 6) is 0.246. The van der Waals surface area contributed by atoms with Crippen molar-refractivity contribution >= 4 is 16.5 Å². The molecule has 4 heteroatoms. The number of benzene rings is 1. The summed E-state index contributed by atoms with van der Waals surface area (Å²) in [5, 5.41) is 12.0. The fourth-order valence-electron chi connectivity index (χ4n) is 1.27. The number of aryl methyl sites for hydroxylation is 1. The molecular weight excluding hydrogens is 196 g/mol. The number of phenolic OH excluding ortho intramolecular Hbond substituents is 1. The third-order valence-electron chi connectivity index (χ3n) is 1.95. The van der Waals surface area contributed by atoms with E-state index in [9.17, 15) is 5.11 Å². The first-order chi connectivity index (χ1) is 6.66. The van der Waals surface area contributed by atoms with E-state index in [1.807, 2.05) is 24.4 Å². The quantitative estimate of drug-likeness (QED) is 0.753. The Kier molecular flexibility index (Phi) is 2.13. The minimum Gasteiger partial charge on any atom is -0.507 e. The zero-order valence-electron chi connectivity index (χ0n) is 7.69. The average Bonchev–Trinajstić information content (AvgIpc) is 2.51. The molecule has 0 aliphatic carbocycles. The van der Waals surface area contributed by atoms with Gasteiger partial charge in [0, 0.05) is 10.9 Å². The summed E-state index contributed by atoms with van der Waals surface area (Å²) in [6, 6.07) is 5.49. The molecule has 0 saturated carbocycles. The van der Waals surface area contributed by atoms with Gasteiger partial charge in [-0.25, -0.2) is 4.98 Å². The third-order valence-corrected chi connectivity index (χ3v) is 2.63. The number of aromatic nitrogens is 1. The molecule has 0 bridgehead atoms. The largest absolute Gasteiger partial charge is 0.507 e. The molecule has 0 spiro atoms. The molecule has 0 aliphatic rings. The standard InChI is InChI=1S/C10H10N2OS/c1-6-2-3-7(9(13)4-6)8-5-14-10(11)12-8/h2-5,13H,1H3,(H2,11,12). The van der Waals surface area contributed by atoms with Crippen LogP contribution in [0.1, 0.15) is 5.56 Å². The number of nitrogens with two attached hydrogens (primary N) is 1. The van der Waals surface area contributed by atoms with Gasteiger partial charge in [0.1, 0.15) is 5.75 Å². The van der Waals surface area contributed by atoms with Crippen LogP contribution in [0.4, 0.5) is 5.13 Å². The molecule has 1 heterocycles. The number of anilines is 1. The van der Waals surface area contributed by atoms with Gasteiger partial charge in [0.05, 0.1) is 5.69 Å². The van der Waals surface area contributed by atoms with E-state index < -0.39 is 0 Å². The second kappa shape index (κ2) is 3.31. The Labute approximate surface area is 85.8 Å². The molecule has 0 fully saturated rings. The zero-order valence-corrected chi connectivity index (χ0v) is 8.51. The van der Waals surface area contributed by atoms with Crippen LogP contribution in [-0.2, 0) is 0 Å². The Balaban J connectivity index is 2.52. The molecule has 2 aromatic rings. The number of nitrogens with zero attached hydrogens (tertiary/aromatic N) is 1. The van der Waals surface area contributed by atoms with Gasteiger partial charge in [-0.1, -0.05) is 6.07 Å². The number of hydrogen-bond donors (Lipinski definition) is 2. The van der Waals surface area contributed by atoms with Gasteiger partial charge in [0.15, 0.2) is 5.13 Å². The Morgan fingerprint density at radius 1 is 1.43 bits per heavy atom. The molecule has 72 valence electrons. The van der Waals surface area contributed by atoms with Gasteiger partial charge in [-0.15, -0.1) is 11.3 Å². The van der Waals surface area contributed by atoms with Crippen molar-refractivity contribution in [3.63, 3.8) is 0 Å². The number of thiazole rings is 1. The van der Waals surface area contributed by atoms with E-state index in [0.29, 0.717) is 5.13 Å². The van der Waals surface area contributed by atoms with Gasteiger partial charge >= 0.3 is 0 Å². The lowest BCUT2D eigenvalue weighted by atomic mass is 10.1. The molecule has 14 heavy (non-hydrogen) atoms. The zero-order chi connectivity index (χ0) is 10.1. The molecule has 1 aromatic carbocycles. The fourth-order valence-corrected chi connectivity index (χ4v) is 1.83. The summed E-state index contributed by atoms with van der Waals surface area (Å²) >= 11 is 1.37. The van der Waals surface area contributed by atoms with E-state index in [1.165, 1.54) is 11.3 Å². The SMILES string of the molecule is Cc1ccc(-c2csc(N)n2)c(O)c1. The average molecular weight is 206 g/mol. The Morgan fingerprint density at radius 3 is 2.79 bits per heavy atom. The van der Waals surface area contributed by atoms with Crippen LogP contribution >= 0.6 is 11.3 Å². The van der Waals surface area contributed by atoms with Crippen LogP contribution in [0.15, 0.2) is 23.6 Å². The second-order valence-electron chi connectivity index (χ2n) is 3.09. The lowest BCUT2D eigenvalue weighted by Crippen LogP contribution is -1.84. The maximum Gasteiger partial charge on any atom is 0.180 e. The van der Waals surface area contributed by atoms with Gasteiger partial charge in [-0.3, -0.25) is 0 Å². The smallest absolute Gasteiger partial charge is 0.180 e. The molecule has 0 amide bonds. The Morgan fingerprint density at radius 2 is 2.21 bits per heavy atom. The highest BCUT2D eigenvalue weighted by Gasteiger charge is 2.07. The molecule has 0 unspecified atom stereocenters. The number of hydrogen-bond acceptors (Lipinski definition) is 4. The highest BCUT2D eigenvalue weighted by Crippen LogP contribution is 2.31. The van der Waals surface area contributed by atoms with E-state index in [4.69, 9.17) is 5.73 Å². The minimum absolute atomic E-state index is 0.246. The minimum atomic E-state index is 0.246. The summed E-state index contributed by atoms with van der Waals surface area (Å²) in [6.45, 7) is 1.93. The lowest BCUT2D eigenvalue weighted by molar-refractivity contribution is 0.477. The predicted octanol–water partition coefficient (Wildman–Crippen LogP) is 2.41. The second-order valence-corrected chi connectivity index (χ2v) is 3.98. The number of nitrogen functional groups attached to an aromatic ring is 1. The summed E-state index contributed by atoms with van der Waals surface area (Å²) in [5.41, 5.74) is 8.00. The van der Waals surface area contributed by atoms with Crippen molar-refractivity contribution in [2.75, 3.05) is 5.73 Å². The molecule has 0 aliphatic heterocycles. The van der Waals surface area contributed by atoms with Crippen molar-refractivity contribution in [3.8, 4) is 17.0 Å². The van der Waals surface area contributed by atoms with Crippen LogP contribution < -0.4 is 5.73 Å². The molecule has 0 saturated heterocycles. The Bertz CT molecular complexity index is 465. The van der Waals surface area contributed by atoms with Crippen molar-refractivity contribution in [1.29, 1.82) is 0 Å². The summed E-state index contributed by atoms with van der Waals surface area (Å²) in [4.78, 5) is 4.11. The fraction of sp³-hybridized carbons (Fsp3) is 0.100. The molecule has 0 atom stereocenters. The van der Waals surface area contributed by atoms with Crippen molar-refractivity contribution in [2.24, 2.45) is 0 Å². The topological polar surface area (TPSA) is 59.1 Å². The van der Waals surface area contributed by atoms with Crippen LogP contribution in [0, 0.1) is 6.92 Å². The van der Waals surface area contributed by atoms with Crippen molar-refractivity contribution in [1.82, 2.24) is 4.98 Å². The monoisotopic (exact) mass is 206 g/mol. The molecule has 3 N–H and O–H groups in total. The van der Waals surface area contributed by atoms with Crippen LogP contribution in [-0.4, -0.2) is 10.1 Å². The number of aromatic hydroxyl groups is 1. The summed E-state index contributed by atoms with van der Waals surface area (Å²) in [6.07, 6.45) is 0. The number of rotatable bonds is 1. The van der Waals surface area contributed by atoms with Crippen LogP contribution in [0.2, 0.25) is 0 Å². The molecular formula is C10H10N2OS. The number of phenols is 1. The Hall–Kier alpha value is -1.55. The van der Waals surface area contributed by atoms with Gasteiger partial charge in [0.25, 0.3) is 0 Å². The van der Waals surface area contributed by atoms with E-state index in [1.54, 1.807) is 6.07 Å². The van der Waals surface area contributed by atoms with Crippen molar-refractivity contribution in [3.05, 3.63) is 29.1 Å². The van der Waals surface area contributed by atoms with E-state index in [2.05, 4.69) is 4.98 Å². The van der Waals surface area contributed by atoms with E-state index >= 15 is 0 Å².